The van der Waals surface area contributed by atoms with E-state index in [0.29, 0.717) is 22.6 Å². The van der Waals surface area contributed by atoms with Gasteiger partial charge in [0.2, 0.25) is 0 Å². The molecule has 7 heteroatoms. The molecule has 1 fully saturated rings. The van der Waals surface area contributed by atoms with E-state index in [1.807, 2.05) is 42.5 Å². The molecule has 0 radical (unpaired) electrons. The van der Waals surface area contributed by atoms with Crippen LogP contribution in [0.3, 0.4) is 0 Å². The van der Waals surface area contributed by atoms with E-state index in [9.17, 15) is 4.79 Å². The first-order valence-corrected chi connectivity index (χ1v) is 9.34. The normalized spacial score (nSPS) is 17.5. The van der Waals surface area contributed by atoms with E-state index >= 15 is 0 Å². The van der Waals surface area contributed by atoms with E-state index < -0.39 is 0 Å². The minimum absolute atomic E-state index is 0.194. The first-order chi connectivity index (χ1) is 13.6. The number of likely N-dealkylation sites (tertiary alicyclic amines) is 1. The minimum Gasteiger partial charge on any atom is -0.489 e. The molecule has 1 aliphatic rings. The molecular formula is C21H21N5O2. The maximum Gasteiger partial charge on any atom is 0.261 e. The van der Waals surface area contributed by atoms with Gasteiger partial charge < -0.3 is 25.3 Å². The van der Waals surface area contributed by atoms with E-state index in [1.165, 1.54) is 0 Å². The van der Waals surface area contributed by atoms with E-state index in [4.69, 9.17) is 10.5 Å². The smallest absolute Gasteiger partial charge is 0.261 e. The summed E-state index contributed by atoms with van der Waals surface area (Å²) in [6, 6.07) is 13.2. The largest absolute Gasteiger partial charge is 0.489 e. The fourth-order valence-corrected chi connectivity index (χ4v) is 3.86. The zero-order valence-electron chi connectivity index (χ0n) is 15.5. The molecule has 1 saturated heterocycles. The number of H-pyrrole nitrogens is 2. The van der Waals surface area contributed by atoms with Crippen molar-refractivity contribution in [2.24, 2.45) is 0 Å². The average molecular weight is 375 g/mol. The van der Waals surface area contributed by atoms with Crippen molar-refractivity contribution < 1.29 is 4.74 Å². The van der Waals surface area contributed by atoms with E-state index in [2.05, 4.69) is 26.9 Å². The molecule has 2 aromatic heterocycles. The standard InChI is InChI=1S/C21H21N5O2/c1-26-9-8-13(11-26)28-12-6-7-16-17(10-12)24-20(23-16)18-19(22)14-4-2-3-5-15(14)25-21(18)27/h2-7,10,13H,8-9,11H2,1H3,(H,23,24)(H3,22,25,27). The van der Waals surface area contributed by atoms with Gasteiger partial charge >= 0.3 is 0 Å². The number of aromatic amines is 2. The van der Waals surface area contributed by atoms with Crippen LogP contribution in [0.15, 0.2) is 47.3 Å². The summed E-state index contributed by atoms with van der Waals surface area (Å²) in [4.78, 5) is 25.6. The third-order valence-electron chi connectivity index (χ3n) is 5.30. The Balaban J connectivity index is 1.55. The summed E-state index contributed by atoms with van der Waals surface area (Å²) in [7, 11) is 2.10. The summed E-state index contributed by atoms with van der Waals surface area (Å²) >= 11 is 0. The summed E-state index contributed by atoms with van der Waals surface area (Å²) < 4.78 is 6.09. The van der Waals surface area contributed by atoms with Crippen LogP contribution in [0.25, 0.3) is 33.3 Å². The molecule has 0 aliphatic carbocycles. The van der Waals surface area contributed by atoms with Crippen LogP contribution in [0, 0.1) is 0 Å². The second-order valence-electron chi connectivity index (χ2n) is 7.34. The third kappa shape index (κ3) is 2.80. The Labute approximate surface area is 161 Å². The maximum absolute atomic E-state index is 12.6. The van der Waals surface area contributed by atoms with E-state index in [1.54, 1.807) is 0 Å². The van der Waals surface area contributed by atoms with Crippen LogP contribution in [0.5, 0.6) is 5.75 Å². The molecular weight excluding hydrogens is 354 g/mol. The lowest BCUT2D eigenvalue weighted by molar-refractivity contribution is 0.208. The molecule has 0 saturated carbocycles. The van der Waals surface area contributed by atoms with Crippen LogP contribution in [-0.2, 0) is 0 Å². The topological polar surface area (TPSA) is 100 Å². The van der Waals surface area contributed by atoms with Gasteiger partial charge in [0.05, 0.1) is 22.2 Å². The summed E-state index contributed by atoms with van der Waals surface area (Å²) in [6.45, 7) is 1.97. The molecule has 142 valence electrons. The van der Waals surface area contributed by atoms with Crippen LogP contribution >= 0.6 is 0 Å². The number of ether oxygens (including phenoxy) is 1. The van der Waals surface area contributed by atoms with E-state index in [-0.39, 0.29) is 11.7 Å². The molecule has 7 nitrogen and oxygen atoms in total. The highest BCUT2D eigenvalue weighted by molar-refractivity contribution is 5.97. The molecule has 4 N–H and O–H groups in total. The zero-order valence-corrected chi connectivity index (χ0v) is 15.5. The number of likely N-dealkylation sites (N-methyl/N-ethyl adjacent to an activating group) is 1. The summed E-state index contributed by atoms with van der Waals surface area (Å²) in [6.07, 6.45) is 1.21. The van der Waals surface area contributed by atoms with Crippen molar-refractivity contribution in [1.82, 2.24) is 19.9 Å². The van der Waals surface area contributed by atoms with Gasteiger partial charge in [-0.05, 0) is 31.7 Å². The van der Waals surface area contributed by atoms with Crippen LogP contribution in [-0.4, -0.2) is 46.1 Å². The predicted octanol–water partition coefficient (Wildman–Crippen LogP) is 2.74. The molecule has 1 unspecified atom stereocenters. The van der Waals surface area contributed by atoms with Crippen LogP contribution in [0.1, 0.15) is 6.42 Å². The number of nitrogen functional groups attached to an aromatic ring is 1. The number of fused-ring (bicyclic) bond motifs is 2. The Bertz CT molecular complexity index is 1240. The first-order valence-electron chi connectivity index (χ1n) is 9.34. The van der Waals surface area contributed by atoms with Crippen molar-refractivity contribution in [2.45, 2.75) is 12.5 Å². The SMILES string of the molecule is CN1CCC(Oc2ccc3[nH]c(-c4c(N)c5ccccc5[nH]c4=O)nc3c2)C1. The number of aromatic nitrogens is 3. The molecule has 2 aromatic carbocycles. The van der Waals surface area contributed by atoms with Crippen molar-refractivity contribution in [2.75, 3.05) is 25.9 Å². The molecule has 0 spiro atoms. The summed E-state index contributed by atoms with van der Waals surface area (Å²) in [5.74, 6) is 1.24. The highest BCUT2D eigenvalue weighted by Crippen LogP contribution is 2.29. The molecule has 0 amide bonds. The number of para-hydroxylation sites is 1. The highest BCUT2D eigenvalue weighted by atomic mass is 16.5. The van der Waals surface area contributed by atoms with Gasteiger partial charge in [0.25, 0.3) is 5.56 Å². The van der Waals surface area contributed by atoms with Gasteiger partial charge in [0.1, 0.15) is 23.2 Å². The van der Waals surface area contributed by atoms with Gasteiger partial charge in [0, 0.05) is 24.5 Å². The van der Waals surface area contributed by atoms with Crippen LogP contribution < -0.4 is 16.0 Å². The number of nitrogens with two attached hydrogens (primary N) is 1. The fraction of sp³-hybridized carbons (Fsp3) is 0.238. The number of pyridine rings is 1. The average Bonchev–Trinajstić information content (AvgIpc) is 3.27. The van der Waals surface area contributed by atoms with Crippen molar-refractivity contribution in [3.63, 3.8) is 0 Å². The number of nitrogens with zero attached hydrogens (tertiary/aromatic N) is 2. The van der Waals surface area contributed by atoms with Gasteiger partial charge in [0.15, 0.2) is 0 Å². The van der Waals surface area contributed by atoms with E-state index in [0.717, 1.165) is 41.7 Å². The number of anilines is 1. The molecule has 28 heavy (non-hydrogen) atoms. The van der Waals surface area contributed by atoms with Gasteiger partial charge in [-0.2, -0.15) is 0 Å². The number of rotatable bonds is 3. The minimum atomic E-state index is -0.263. The van der Waals surface area contributed by atoms with Gasteiger partial charge in [-0.3, -0.25) is 4.79 Å². The van der Waals surface area contributed by atoms with Crippen LogP contribution in [0.2, 0.25) is 0 Å². The van der Waals surface area contributed by atoms with Crippen LogP contribution in [0.4, 0.5) is 5.69 Å². The quantitative estimate of drug-likeness (QED) is 0.511. The van der Waals surface area contributed by atoms with Gasteiger partial charge in [-0.1, -0.05) is 18.2 Å². The summed E-state index contributed by atoms with van der Waals surface area (Å²) in [5, 5.41) is 0.798. The van der Waals surface area contributed by atoms with Crippen molar-refractivity contribution in [3.05, 3.63) is 52.8 Å². The molecule has 1 atom stereocenters. The number of benzene rings is 2. The maximum atomic E-state index is 12.6. The van der Waals surface area contributed by atoms with Crippen molar-refractivity contribution in [1.29, 1.82) is 0 Å². The number of hydrogen-bond acceptors (Lipinski definition) is 5. The Morgan fingerprint density at radius 2 is 2.04 bits per heavy atom. The van der Waals surface area contributed by atoms with Crippen molar-refractivity contribution >= 4 is 27.6 Å². The Hall–Kier alpha value is -3.32. The zero-order chi connectivity index (χ0) is 19.3. The number of hydrogen-bond donors (Lipinski definition) is 3. The molecule has 3 heterocycles. The molecule has 1 aliphatic heterocycles. The number of nitrogens with one attached hydrogen (secondary N) is 2. The van der Waals surface area contributed by atoms with Gasteiger partial charge in [-0.25, -0.2) is 4.98 Å². The molecule has 4 aromatic rings. The second-order valence-corrected chi connectivity index (χ2v) is 7.34. The molecule has 5 rings (SSSR count). The highest BCUT2D eigenvalue weighted by Gasteiger charge is 2.21. The Kier molecular flexibility index (Phi) is 3.84. The predicted molar refractivity (Wildman–Crippen MR) is 111 cm³/mol. The number of imidazole rings is 1. The Morgan fingerprint density at radius 1 is 1.18 bits per heavy atom. The second kappa shape index (κ2) is 6.38. The van der Waals surface area contributed by atoms with Crippen molar-refractivity contribution in [3.8, 4) is 17.1 Å². The molecule has 0 bridgehead atoms. The summed E-state index contributed by atoms with van der Waals surface area (Å²) in [5.41, 5.74) is 9.11. The lowest BCUT2D eigenvalue weighted by atomic mass is 10.1. The Morgan fingerprint density at radius 3 is 2.86 bits per heavy atom. The fourth-order valence-electron chi connectivity index (χ4n) is 3.86. The lowest BCUT2D eigenvalue weighted by Gasteiger charge is -2.13. The lowest BCUT2D eigenvalue weighted by Crippen LogP contribution is -2.21. The third-order valence-corrected chi connectivity index (χ3v) is 5.30. The monoisotopic (exact) mass is 375 g/mol. The first kappa shape index (κ1) is 16.8. The van der Waals surface area contributed by atoms with Gasteiger partial charge in [-0.15, -0.1) is 0 Å².